The van der Waals surface area contributed by atoms with Gasteiger partial charge in [-0.3, -0.25) is 0 Å². The zero-order valence-corrected chi connectivity index (χ0v) is 12.9. The Balaban J connectivity index is 1.86. The molecule has 0 aromatic heterocycles. The van der Waals surface area contributed by atoms with Crippen LogP contribution in [0, 0.1) is 18.6 Å². The van der Waals surface area contributed by atoms with E-state index in [2.05, 4.69) is 0 Å². The maximum Gasteiger partial charge on any atom is 0.165 e. The van der Waals surface area contributed by atoms with E-state index in [1.807, 2.05) is 20.8 Å². The average molecular weight is 304 g/mol. The number of hydrogen-bond donors (Lipinski definition) is 0. The number of hydrogen-bond acceptors (Lipinski definition) is 2. The second-order valence-corrected chi connectivity index (χ2v) is 6.31. The topological polar surface area (TPSA) is 18.5 Å². The van der Waals surface area contributed by atoms with Crippen LogP contribution in [0.15, 0.2) is 30.3 Å². The Bertz CT molecular complexity index is 723. The van der Waals surface area contributed by atoms with E-state index in [0.717, 1.165) is 11.1 Å². The van der Waals surface area contributed by atoms with Gasteiger partial charge in [0.25, 0.3) is 0 Å². The van der Waals surface area contributed by atoms with Crippen molar-refractivity contribution in [1.82, 2.24) is 0 Å². The summed E-state index contributed by atoms with van der Waals surface area (Å²) in [5.74, 6) is 0.0537. The van der Waals surface area contributed by atoms with Crippen LogP contribution in [-0.4, -0.2) is 5.60 Å². The number of rotatable bonds is 3. The molecule has 0 spiro atoms. The normalized spacial score (nSPS) is 15.3. The van der Waals surface area contributed by atoms with Gasteiger partial charge in [0, 0.05) is 17.5 Å². The zero-order valence-electron chi connectivity index (χ0n) is 12.9. The summed E-state index contributed by atoms with van der Waals surface area (Å²) in [5, 5.41) is 0. The van der Waals surface area contributed by atoms with Crippen molar-refractivity contribution in [1.29, 1.82) is 0 Å². The number of ether oxygens (including phenoxy) is 2. The molecular weight excluding hydrogens is 286 g/mol. The number of benzene rings is 2. The van der Waals surface area contributed by atoms with E-state index in [1.54, 1.807) is 12.1 Å². The van der Waals surface area contributed by atoms with E-state index in [-0.39, 0.29) is 23.8 Å². The third-order valence-corrected chi connectivity index (χ3v) is 3.67. The highest BCUT2D eigenvalue weighted by Crippen LogP contribution is 2.38. The van der Waals surface area contributed by atoms with Crippen molar-refractivity contribution in [3.8, 4) is 11.5 Å². The Morgan fingerprint density at radius 1 is 1.18 bits per heavy atom. The molecule has 2 aromatic rings. The molecule has 2 aromatic carbocycles. The predicted molar refractivity (Wildman–Crippen MR) is 80.3 cm³/mol. The molecule has 2 nitrogen and oxygen atoms in total. The highest BCUT2D eigenvalue weighted by atomic mass is 19.1. The van der Waals surface area contributed by atoms with Crippen LogP contribution in [0.1, 0.15) is 30.5 Å². The fourth-order valence-corrected chi connectivity index (χ4v) is 2.73. The van der Waals surface area contributed by atoms with Crippen molar-refractivity contribution in [2.45, 2.75) is 39.4 Å². The van der Waals surface area contributed by atoms with Gasteiger partial charge in [0.15, 0.2) is 11.6 Å². The molecule has 0 saturated heterocycles. The van der Waals surface area contributed by atoms with Crippen LogP contribution in [0.25, 0.3) is 0 Å². The lowest BCUT2D eigenvalue weighted by molar-refractivity contribution is 0.135. The molecule has 3 rings (SSSR count). The first-order chi connectivity index (χ1) is 10.3. The SMILES string of the molecule is Cc1ccc(F)c(OCc2cc(F)cc3c2OC(C)(C)C3)c1. The number of fused-ring (bicyclic) bond motifs is 1. The first-order valence-corrected chi connectivity index (χ1v) is 7.23. The van der Waals surface area contributed by atoms with E-state index < -0.39 is 5.82 Å². The Morgan fingerprint density at radius 2 is 1.95 bits per heavy atom. The molecule has 0 fully saturated rings. The van der Waals surface area contributed by atoms with Crippen LogP contribution >= 0.6 is 0 Å². The van der Waals surface area contributed by atoms with Gasteiger partial charge in [0.05, 0.1) is 0 Å². The molecular formula is C18H18F2O2. The van der Waals surface area contributed by atoms with Crippen molar-refractivity contribution in [2.75, 3.05) is 0 Å². The molecule has 0 saturated carbocycles. The molecule has 0 bridgehead atoms. The van der Waals surface area contributed by atoms with Gasteiger partial charge in [-0.1, -0.05) is 6.07 Å². The summed E-state index contributed by atoms with van der Waals surface area (Å²) in [6.45, 7) is 5.83. The van der Waals surface area contributed by atoms with Gasteiger partial charge in [0.2, 0.25) is 0 Å². The first-order valence-electron chi connectivity index (χ1n) is 7.23. The third-order valence-electron chi connectivity index (χ3n) is 3.67. The summed E-state index contributed by atoms with van der Waals surface area (Å²) >= 11 is 0. The average Bonchev–Trinajstić information content (AvgIpc) is 2.73. The maximum atomic E-state index is 13.8. The minimum absolute atomic E-state index is 0.0660. The van der Waals surface area contributed by atoms with Crippen LogP contribution in [-0.2, 0) is 13.0 Å². The van der Waals surface area contributed by atoms with Crippen LogP contribution in [0.5, 0.6) is 11.5 Å². The molecule has 0 radical (unpaired) electrons. The summed E-state index contributed by atoms with van der Waals surface area (Å²) in [6, 6.07) is 7.53. The van der Waals surface area contributed by atoms with Crippen LogP contribution < -0.4 is 9.47 Å². The van der Waals surface area contributed by atoms with Crippen molar-refractivity contribution >= 4 is 0 Å². The van der Waals surface area contributed by atoms with Crippen LogP contribution in [0.4, 0.5) is 8.78 Å². The lowest BCUT2D eigenvalue weighted by Crippen LogP contribution is -2.25. The Hall–Kier alpha value is -2.10. The third kappa shape index (κ3) is 2.91. The molecule has 0 atom stereocenters. The molecule has 1 aliphatic rings. The molecule has 116 valence electrons. The van der Waals surface area contributed by atoms with Gasteiger partial charge < -0.3 is 9.47 Å². The maximum absolute atomic E-state index is 13.8. The molecule has 4 heteroatoms. The van der Waals surface area contributed by atoms with Gasteiger partial charge in [-0.25, -0.2) is 8.78 Å². The zero-order chi connectivity index (χ0) is 15.9. The Labute approximate surface area is 128 Å². The van der Waals surface area contributed by atoms with E-state index in [1.165, 1.54) is 18.2 Å². The van der Waals surface area contributed by atoms with Crippen molar-refractivity contribution in [3.05, 3.63) is 58.7 Å². The smallest absolute Gasteiger partial charge is 0.165 e. The monoisotopic (exact) mass is 304 g/mol. The quantitative estimate of drug-likeness (QED) is 0.827. The Morgan fingerprint density at radius 3 is 2.73 bits per heavy atom. The summed E-state index contributed by atoms with van der Waals surface area (Å²) in [5.41, 5.74) is 1.97. The summed E-state index contributed by atoms with van der Waals surface area (Å²) < 4.78 is 38.9. The molecule has 1 heterocycles. The van der Waals surface area contributed by atoms with Gasteiger partial charge >= 0.3 is 0 Å². The van der Waals surface area contributed by atoms with E-state index in [9.17, 15) is 8.78 Å². The highest BCUT2D eigenvalue weighted by molar-refractivity contribution is 5.46. The van der Waals surface area contributed by atoms with E-state index in [0.29, 0.717) is 17.7 Å². The fourth-order valence-electron chi connectivity index (χ4n) is 2.73. The van der Waals surface area contributed by atoms with E-state index >= 15 is 0 Å². The summed E-state index contributed by atoms with van der Waals surface area (Å²) in [7, 11) is 0. The van der Waals surface area contributed by atoms with Crippen molar-refractivity contribution < 1.29 is 18.3 Å². The van der Waals surface area contributed by atoms with Gasteiger partial charge in [-0.2, -0.15) is 0 Å². The van der Waals surface area contributed by atoms with Crippen LogP contribution in [0.2, 0.25) is 0 Å². The second-order valence-electron chi connectivity index (χ2n) is 6.31. The first kappa shape index (κ1) is 14.8. The van der Waals surface area contributed by atoms with Crippen LogP contribution in [0.3, 0.4) is 0 Å². The second kappa shape index (κ2) is 5.27. The summed E-state index contributed by atoms with van der Waals surface area (Å²) in [4.78, 5) is 0. The minimum Gasteiger partial charge on any atom is -0.487 e. The Kier molecular flexibility index (Phi) is 3.55. The standard InChI is InChI=1S/C18H18F2O2/c1-11-4-5-15(20)16(6-11)21-10-13-8-14(19)7-12-9-18(2,3)22-17(12)13/h4-8H,9-10H2,1-3H3. The predicted octanol–water partition coefficient (Wildman–Crippen LogP) is 4.57. The van der Waals surface area contributed by atoms with Crippen molar-refractivity contribution in [2.24, 2.45) is 0 Å². The lowest BCUT2D eigenvalue weighted by Gasteiger charge is -2.18. The van der Waals surface area contributed by atoms with Gasteiger partial charge in [-0.15, -0.1) is 0 Å². The summed E-state index contributed by atoms with van der Waals surface area (Å²) in [6.07, 6.45) is 0.645. The number of aryl methyl sites for hydroxylation is 1. The largest absolute Gasteiger partial charge is 0.487 e. The van der Waals surface area contributed by atoms with Gasteiger partial charge in [0.1, 0.15) is 23.8 Å². The molecule has 0 aliphatic carbocycles. The molecule has 0 unspecified atom stereocenters. The molecule has 0 N–H and O–H groups in total. The van der Waals surface area contributed by atoms with Crippen molar-refractivity contribution in [3.63, 3.8) is 0 Å². The minimum atomic E-state index is -0.431. The van der Waals surface area contributed by atoms with E-state index in [4.69, 9.17) is 9.47 Å². The highest BCUT2D eigenvalue weighted by Gasteiger charge is 2.32. The van der Waals surface area contributed by atoms with Gasteiger partial charge in [-0.05, 0) is 50.6 Å². The lowest BCUT2D eigenvalue weighted by atomic mass is 10.0. The molecule has 22 heavy (non-hydrogen) atoms. The molecule has 1 aliphatic heterocycles. The number of halogens is 2. The molecule has 0 amide bonds. The fraction of sp³-hybridized carbons (Fsp3) is 0.333.